The predicted octanol–water partition coefficient (Wildman–Crippen LogP) is 2.84. The van der Waals surface area contributed by atoms with Gasteiger partial charge in [0.1, 0.15) is 0 Å². The number of hydrogen-bond acceptors (Lipinski definition) is 3. The zero-order valence-electron chi connectivity index (χ0n) is 12.2. The van der Waals surface area contributed by atoms with Crippen molar-refractivity contribution in [1.82, 2.24) is 10.2 Å². The van der Waals surface area contributed by atoms with Gasteiger partial charge in [-0.05, 0) is 63.4 Å². The molecule has 3 atom stereocenters. The molecule has 3 rings (SSSR count). The zero-order valence-corrected chi connectivity index (χ0v) is 12.2. The quantitative estimate of drug-likeness (QED) is 0.917. The van der Waals surface area contributed by atoms with E-state index in [0.29, 0.717) is 12.1 Å². The molecule has 0 spiro atoms. The summed E-state index contributed by atoms with van der Waals surface area (Å²) in [4.78, 5) is 2.66. The second kappa shape index (κ2) is 5.95. The van der Waals surface area contributed by atoms with Gasteiger partial charge in [0.2, 0.25) is 0 Å². The first kappa shape index (κ1) is 13.6. The summed E-state index contributed by atoms with van der Waals surface area (Å²) in [5, 5.41) is 12.6. The fourth-order valence-electron chi connectivity index (χ4n) is 3.67. The molecule has 2 fully saturated rings. The van der Waals surface area contributed by atoms with Gasteiger partial charge < -0.3 is 10.2 Å². The lowest BCUT2D eigenvalue weighted by molar-refractivity contribution is 0.162. The van der Waals surface area contributed by atoms with Gasteiger partial charge in [-0.3, -0.25) is 0 Å². The van der Waals surface area contributed by atoms with E-state index in [1.165, 1.54) is 44.3 Å². The summed E-state index contributed by atoms with van der Waals surface area (Å²) in [5.41, 5.74) is 2.01. The lowest BCUT2D eigenvalue weighted by Crippen LogP contribution is -2.46. The summed E-state index contributed by atoms with van der Waals surface area (Å²) in [7, 11) is 0. The van der Waals surface area contributed by atoms with Gasteiger partial charge in [0.15, 0.2) is 0 Å². The number of nitrogens with zero attached hydrogens (tertiary/aromatic N) is 2. The molecule has 2 saturated heterocycles. The monoisotopic (exact) mass is 269 g/mol. The number of hydrogen-bond donors (Lipinski definition) is 1. The Balaban J connectivity index is 1.58. The van der Waals surface area contributed by atoms with E-state index in [4.69, 9.17) is 5.26 Å². The number of nitriles is 1. The van der Waals surface area contributed by atoms with Crippen molar-refractivity contribution in [1.29, 1.82) is 5.26 Å². The van der Waals surface area contributed by atoms with E-state index in [1.54, 1.807) is 0 Å². The minimum absolute atomic E-state index is 0.362. The van der Waals surface area contributed by atoms with Gasteiger partial charge in [0.05, 0.1) is 11.6 Å². The standard InChI is InChI=1S/C17H23N3/c1-13(15-6-4-14(12-18)5-7-15)19-16-8-10-20-9-2-3-17(20)11-16/h4-7,13,16-17,19H,2-3,8-11H2,1H3. The highest BCUT2D eigenvalue weighted by Crippen LogP contribution is 2.28. The molecule has 0 saturated carbocycles. The van der Waals surface area contributed by atoms with Gasteiger partial charge in [-0.2, -0.15) is 5.26 Å². The van der Waals surface area contributed by atoms with Crippen molar-refractivity contribution in [3.05, 3.63) is 35.4 Å². The molecule has 0 bridgehead atoms. The molecule has 0 radical (unpaired) electrons. The van der Waals surface area contributed by atoms with Crippen LogP contribution < -0.4 is 5.32 Å². The van der Waals surface area contributed by atoms with Crippen molar-refractivity contribution >= 4 is 0 Å². The Morgan fingerprint density at radius 1 is 1.25 bits per heavy atom. The van der Waals surface area contributed by atoms with E-state index in [9.17, 15) is 0 Å². The van der Waals surface area contributed by atoms with Gasteiger partial charge >= 0.3 is 0 Å². The topological polar surface area (TPSA) is 39.1 Å². The first-order chi connectivity index (χ1) is 9.76. The second-order valence-corrected chi connectivity index (χ2v) is 6.18. The normalized spacial score (nSPS) is 27.8. The molecule has 3 unspecified atom stereocenters. The van der Waals surface area contributed by atoms with E-state index in [1.807, 2.05) is 12.1 Å². The van der Waals surface area contributed by atoms with Crippen LogP contribution in [0.5, 0.6) is 0 Å². The molecule has 2 heterocycles. The number of nitrogens with one attached hydrogen (secondary N) is 1. The van der Waals surface area contributed by atoms with Gasteiger partial charge in [-0.1, -0.05) is 12.1 Å². The molecular formula is C17H23N3. The summed E-state index contributed by atoms with van der Waals surface area (Å²) in [5.74, 6) is 0. The number of benzene rings is 1. The van der Waals surface area contributed by atoms with E-state index in [-0.39, 0.29) is 0 Å². The van der Waals surface area contributed by atoms with E-state index in [2.05, 4.69) is 35.3 Å². The van der Waals surface area contributed by atoms with Crippen LogP contribution in [-0.4, -0.2) is 30.1 Å². The van der Waals surface area contributed by atoms with Crippen molar-refractivity contribution in [3.63, 3.8) is 0 Å². The molecule has 1 aromatic carbocycles. The largest absolute Gasteiger partial charge is 0.307 e. The number of rotatable bonds is 3. The Kier molecular flexibility index (Phi) is 4.05. The van der Waals surface area contributed by atoms with Crippen LogP contribution >= 0.6 is 0 Å². The third-order valence-electron chi connectivity index (χ3n) is 4.85. The van der Waals surface area contributed by atoms with Crippen LogP contribution in [0.15, 0.2) is 24.3 Å². The molecule has 2 aliphatic heterocycles. The van der Waals surface area contributed by atoms with Crippen molar-refractivity contribution in [2.45, 2.75) is 50.7 Å². The minimum Gasteiger partial charge on any atom is -0.307 e. The number of fused-ring (bicyclic) bond motifs is 1. The highest BCUT2D eigenvalue weighted by Gasteiger charge is 2.31. The van der Waals surface area contributed by atoms with Gasteiger partial charge in [0, 0.05) is 18.1 Å². The number of piperidine rings is 1. The summed E-state index contributed by atoms with van der Waals surface area (Å²) < 4.78 is 0. The Bertz CT molecular complexity index is 488. The Labute approximate surface area is 121 Å². The van der Waals surface area contributed by atoms with Crippen molar-refractivity contribution in [3.8, 4) is 6.07 Å². The van der Waals surface area contributed by atoms with Crippen molar-refractivity contribution in [2.75, 3.05) is 13.1 Å². The third-order valence-corrected chi connectivity index (χ3v) is 4.85. The van der Waals surface area contributed by atoms with Crippen LogP contribution in [0.1, 0.15) is 49.8 Å². The maximum atomic E-state index is 8.84. The Hall–Kier alpha value is -1.37. The highest BCUT2D eigenvalue weighted by atomic mass is 15.2. The Morgan fingerprint density at radius 2 is 2.05 bits per heavy atom. The van der Waals surface area contributed by atoms with Gasteiger partial charge in [-0.25, -0.2) is 0 Å². The van der Waals surface area contributed by atoms with Crippen molar-refractivity contribution in [2.24, 2.45) is 0 Å². The van der Waals surface area contributed by atoms with Crippen LogP contribution in [0, 0.1) is 11.3 Å². The SMILES string of the molecule is CC(NC1CCN2CCCC2C1)c1ccc(C#N)cc1. The second-order valence-electron chi connectivity index (χ2n) is 6.18. The summed E-state index contributed by atoms with van der Waals surface area (Å²) >= 11 is 0. The summed E-state index contributed by atoms with van der Waals surface area (Å²) in [6.45, 7) is 4.79. The highest BCUT2D eigenvalue weighted by molar-refractivity contribution is 5.32. The minimum atomic E-state index is 0.362. The molecule has 3 nitrogen and oxygen atoms in total. The summed E-state index contributed by atoms with van der Waals surface area (Å²) in [6.07, 6.45) is 5.31. The fourth-order valence-corrected chi connectivity index (χ4v) is 3.67. The van der Waals surface area contributed by atoms with E-state index >= 15 is 0 Å². The maximum absolute atomic E-state index is 8.84. The average molecular weight is 269 g/mol. The summed E-state index contributed by atoms with van der Waals surface area (Å²) in [6, 6.07) is 11.9. The molecule has 20 heavy (non-hydrogen) atoms. The molecule has 0 aliphatic carbocycles. The zero-order chi connectivity index (χ0) is 13.9. The molecular weight excluding hydrogens is 246 g/mol. The van der Waals surface area contributed by atoms with Crippen LogP contribution in [0.3, 0.4) is 0 Å². The molecule has 1 N–H and O–H groups in total. The van der Waals surface area contributed by atoms with Gasteiger partial charge in [-0.15, -0.1) is 0 Å². The van der Waals surface area contributed by atoms with E-state index in [0.717, 1.165) is 11.6 Å². The van der Waals surface area contributed by atoms with Crippen LogP contribution in [-0.2, 0) is 0 Å². The smallest absolute Gasteiger partial charge is 0.0991 e. The fraction of sp³-hybridized carbons (Fsp3) is 0.588. The third kappa shape index (κ3) is 2.87. The molecule has 2 aliphatic rings. The van der Waals surface area contributed by atoms with Crippen LogP contribution in [0.2, 0.25) is 0 Å². The average Bonchev–Trinajstić information content (AvgIpc) is 2.95. The maximum Gasteiger partial charge on any atom is 0.0991 e. The molecule has 3 heteroatoms. The first-order valence-electron chi connectivity index (χ1n) is 7.76. The lowest BCUT2D eigenvalue weighted by atomic mass is 9.96. The van der Waals surface area contributed by atoms with Gasteiger partial charge in [0.25, 0.3) is 0 Å². The lowest BCUT2D eigenvalue weighted by Gasteiger charge is -2.36. The Morgan fingerprint density at radius 3 is 2.80 bits per heavy atom. The molecule has 0 aromatic heterocycles. The molecule has 1 aromatic rings. The van der Waals surface area contributed by atoms with Crippen molar-refractivity contribution < 1.29 is 0 Å². The van der Waals surface area contributed by atoms with E-state index < -0.39 is 0 Å². The van der Waals surface area contributed by atoms with Crippen LogP contribution in [0.25, 0.3) is 0 Å². The molecule has 106 valence electrons. The molecule has 0 amide bonds. The predicted molar refractivity (Wildman–Crippen MR) is 80.3 cm³/mol. The first-order valence-corrected chi connectivity index (χ1v) is 7.76. The van der Waals surface area contributed by atoms with Crippen LogP contribution in [0.4, 0.5) is 0 Å².